The average molecular weight is 434 g/mol. The van der Waals surface area contributed by atoms with E-state index in [1.807, 2.05) is 31.2 Å². The van der Waals surface area contributed by atoms with Crippen LogP contribution in [0.4, 0.5) is 5.69 Å². The lowest BCUT2D eigenvalue weighted by atomic mass is 10.1. The van der Waals surface area contributed by atoms with Crippen LogP contribution in [-0.4, -0.2) is 26.6 Å². The van der Waals surface area contributed by atoms with E-state index >= 15 is 0 Å². The van der Waals surface area contributed by atoms with Crippen molar-refractivity contribution in [3.8, 4) is 11.4 Å². The Labute approximate surface area is 161 Å². The number of nitrogens with zero attached hydrogens (tertiary/aromatic N) is 3. The van der Waals surface area contributed by atoms with Crippen molar-refractivity contribution in [2.45, 2.75) is 12.1 Å². The largest absolute Gasteiger partial charge is 0.327 e. The quantitative estimate of drug-likeness (QED) is 0.240. The number of carbonyl (C=O) groups excluding carboxylic acids is 1. The first-order chi connectivity index (χ1) is 12.4. The Bertz CT molecular complexity index is 972. The molecule has 0 fully saturated rings. The van der Waals surface area contributed by atoms with Gasteiger partial charge in [0.2, 0.25) is 5.82 Å². The second-order valence-electron chi connectivity index (χ2n) is 5.38. The van der Waals surface area contributed by atoms with Gasteiger partial charge in [-0.25, -0.2) is 0 Å². The minimum atomic E-state index is -0.539. The Balaban J connectivity index is 1.70. The minimum Gasteiger partial charge on any atom is -0.327 e. The summed E-state index contributed by atoms with van der Waals surface area (Å²) in [5.41, 5.74) is 2.05. The van der Waals surface area contributed by atoms with Crippen molar-refractivity contribution in [3.63, 3.8) is 0 Å². The number of nitro groups is 1. The van der Waals surface area contributed by atoms with Crippen LogP contribution in [0.1, 0.15) is 15.9 Å². The lowest BCUT2D eigenvalue weighted by Crippen LogP contribution is -2.04. The zero-order valence-electron chi connectivity index (χ0n) is 13.5. The van der Waals surface area contributed by atoms with E-state index in [2.05, 4.69) is 26.1 Å². The molecule has 26 heavy (non-hydrogen) atoms. The summed E-state index contributed by atoms with van der Waals surface area (Å²) < 4.78 is 5.66. The summed E-state index contributed by atoms with van der Waals surface area (Å²) in [5.74, 6) is 0.187. The fourth-order valence-electron chi connectivity index (χ4n) is 2.13. The smallest absolute Gasteiger partial charge is 0.286 e. The molecule has 3 rings (SSSR count). The van der Waals surface area contributed by atoms with E-state index in [9.17, 15) is 14.9 Å². The van der Waals surface area contributed by atoms with Crippen molar-refractivity contribution in [1.29, 1.82) is 0 Å². The molecule has 1 heterocycles. The van der Waals surface area contributed by atoms with Gasteiger partial charge in [-0.2, -0.15) is 4.98 Å². The lowest BCUT2D eigenvalue weighted by molar-refractivity contribution is -0.384. The van der Waals surface area contributed by atoms with Crippen LogP contribution in [0.5, 0.6) is 0 Å². The molecule has 0 bridgehead atoms. The third kappa shape index (κ3) is 4.17. The Morgan fingerprint density at radius 2 is 2.00 bits per heavy atom. The first-order valence-electron chi connectivity index (χ1n) is 7.45. The summed E-state index contributed by atoms with van der Waals surface area (Å²) in [5, 5.41) is 15.0. The van der Waals surface area contributed by atoms with Crippen molar-refractivity contribution in [2.24, 2.45) is 0 Å². The molecule has 0 aliphatic rings. The summed E-state index contributed by atoms with van der Waals surface area (Å²) in [7, 11) is 0. The van der Waals surface area contributed by atoms with E-state index in [4.69, 9.17) is 4.52 Å². The molecule has 1 aromatic heterocycles. The molecule has 0 unspecified atom stereocenters. The number of aromatic nitrogens is 2. The number of hydrogen-bond acceptors (Lipinski definition) is 7. The Morgan fingerprint density at radius 3 is 2.69 bits per heavy atom. The monoisotopic (exact) mass is 433 g/mol. The van der Waals surface area contributed by atoms with E-state index in [-0.39, 0.29) is 28.0 Å². The molecular weight excluding hydrogens is 422 g/mol. The number of aryl methyl sites for hydroxylation is 1. The molecular formula is C17H12BrN3O4S. The first-order valence-corrected chi connectivity index (χ1v) is 9.22. The number of benzene rings is 2. The van der Waals surface area contributed by atoms with Crippen molar-refractivity contribution in [2.75, 3.05) is 5.75 Å². The van der Waals surface area contributed by atoms with Gasteiger partial charge >= 0.3 is 0 Å². The highest BCUT2D eigenvalue weighted by atomic mass is 79.9. The van der Waals surface area contributed by atoms with Gasteiger partial charge in [0.25, 0.3) is 10.9 Å². The highest BCUT2D eigenvalue weighted by Gasteiger charge is 2.17. The number of rotatable bonds is 6. The second-order valence-corrected chi connectivity index (χ2v) is 7.16. The van der Waals surface area contributed by atoms with Crippen LogP contribution in [0.3, 0.4) is 0 Å². The second kappa shape index (κ2) is 7.79. The third-order valence-corrected chi connectivity index (χ3v) is 5.02. The average Bonchev–Trinajstić information content (AvgIpc) is 3.09. The molecule has 7 nitrogen and oxygen atoms in total. The van der Waals surface area contributed by atoms with Gasteiger partial charge in [-0.1, -0.05) is 62.7 Å². The number of hydrogen-bond donors (Lipinski definition) is 0. The molecule has 0 atom stereocenters. The highest BCUT2D eigenvalue weighted by Crippen LogP contribution is 2.26. The number of thioether (sulfide) groups is 1. The summed E-state index contributed by atoms with van der Waals surface area (Å²) in [6.07, 6.45) is 0. The topological polar surface area (TPSA) is 99.1 Å². The van der Waals surface area contributed by atoms with Gasteiger partial charge in [-0.15, -0.1) is 0 Å². The summed E-state index contributed by atoms with van der Waals surface area (Å²) in [6, 6.07) is 11.7. The molecule has 0 N–H and O–H groups in total. The molecule has 0 saturated carbocycles. The van der Waals surface area contributed by atoms with Gasteiger partial charge in [-0.05, 0) is 13.0 Å². The lowest BCUT2D eigenvalue weighted by Gasteiger charge is -2.02. The predicted molar refractivity (Wildman–Crippen MR) is 100 cm³/mol. The third-order valence-electron chi connectivity index (χ3n) is 3.51. The van der Waals surface area contributed by atoms with Gasteiger partial charge < -0.3 is 4.52 Å². The molecule has 0 spiro atoms. The maximum absolute atomic E-state index is 12.4. The van der Waals surface area contributed by atoms with Crippen molar-refractivity contribution >= 4 is 39.2 Å². The Kier molecular flexibility index (Phi) is 5.48. The molecule has 0 aliphatic carbocycles. The molecule has 0 radical (unpaired) electrons. The fourth-order valence-corrected chi connectivity index (χ4v) is 3.25. The van der Waals surface area contributed by atoms with Crippen LogP contribution in [0.2, 0.25) is 0 Å². The number of non-ortho nitro benzene ring substituents is 1. The molecule has 0 saturated heterocycles. The molecule has 2 aromatic carbocycles. The van der Waals surface area contributed by atoms with E-state index < -0.39 is 4.92 Å². The maximum Gasteiger partial charge on any atom is 0.286 e. The fraction of sp³-hybridized carbons (Fsp3) is 0.118. The Morgan fingerprint density at radius 1 is 1.27 bits per heavy atom. The summed E-state index contributed by atoms with van der Waals surface area (Å²) in [4.78, 5) is 26.9. The van der Waals surface area contributed by atoms with Gasteiger partial charge in [0.1, 0.15) is 0 Å². The van der Waals surface area contributed by atoms with Gasteiger partial charge in [0, 0.05) is 27.7 Å². The summed E-state index contributed by atoms with van der Waals surface area (Å²) in [6.45, 7) is 1.99. The van der Waals surface area contributed by atoms with Crippen LogP contribution in [0.15, 0.2) is 56.7 Å². The van der Waals surface area contributed by atoms with Crippen molar-refractivity contribution < 1.29 is 14.2 Å². The Hall–Kier alpha value is -2.52. The van der Waals surface area contributed by atoms with Crippen LogP contribution >= 0.6 is 27.7 Å². The standard InChI is InChI=1S/C17H12BrN3O4S/c1-10-2-4-11(5-3-10)16-19-17(25-20-16)26-9-15(22)13-8-12(21(23)24)6-7-14(13)18/h2-8H,9H2,1H3. The number of carbonyl (C=O) groups is 1. The van der Waals surface area contributed by atoms with Gasteiger partial charge in [-0.3, -0.25) is 14.9 Å². The van der Waals surface area contributed by atoms with E-state index in [1.54, 1.807) is 0 Å². The minimum absolute atomic E-state index is 0.0231. The molecule has 0 aliphatic heterocycles. The van der Waals surface area contributed by atoms with Crippen molar-refractivity contribution in [1.82, 2.24) is 10.1 Å². The van der Waals surface area contributed by atoms with Crippen LogP contribution in [0.25, 0.3) is 11.4 Å². The maximum atomic E-state index is 12.4. The highest BCUT2D eigenvalue weighted by molar-refractivity contribution is 9.10. The zero-order valence-corrected chi connectivity index (χ0v) is 15.9. The van der Waals surface area contributed by atoms with Crippen LogP contribution in [-0.2, 0) is 0 Å². The molecule has 9 heteroatoms. The normalized spacial score (nSPS) is 10.7. The van der Waals surface area contributed by atoms with Crippen molar-refractivity contribution in [3.05, 3.63) is 68.2 Å². The first kappa shape index (κ1) is 18.3. The SMILES string of the molecule is Cc1ccc(-c2noc(SCC(=O)c3cc([N+](=O)[O-])ccc3Br)n2)cc1. The number of ketones is 1. The number of Topliss-reactive ketones (excluding diaryl/α,β-unsaturated/α-hetero) is 1. The van der Waals surface area contributed by atoms with E-state index in [0.717, 1.165) is 22.9 Å². The van der Waals surface area contributed by atoms with E-state index in [0.29, 0.717) is 10.3 Å². The predicted octanol–water partition coefficient (Wildman–Crippen LogP) is 4.69. The summed E-state index contributed by atoms with van der Waals surface area (Å²) >= 11 is 4.33. The number of halogens is 1. The van der Waals surface area contributed by atoms with Crippen LogP contribution < -0.4 is 0 Å². The molecule has 3 aromatic rings. The molecule has 132 valence electrons. The van der Waals surface area contributed by atoms with Gasteiger partial charge in [0.05, 0.1) is 10.7 Å². The van der Waals surface area contributed by atoms with Gasteiger partial charge in [0.15, 0.2) is 5.78 Å². The zero-order chi connectivity index (χ0) is 18.7. The van der Waals surface area contributed by atoms with E-state index in [1.165, 1.54) is 18.2 Å². The molecule has 0 amide bonds. The van der Waals surface area contributed by atoms with Crippen LogP contribution in [0, 0.1) is 17.0 Å². The number of nitro benzene ring substituents is 1.